The molecule has 0 unspecified atom stereocenters. The van der Waals surface area contributed by atoms with Crippen molar-refractivity contribution in [2.45, 2.75) is 32.1 Å². The largest absolute Gasteiger partial charge is 0.353 e. The van der Waals surface area contributed by atoms with Crippen LogP contribution in [0, 0.1) is 0 Å². The highest BCUT2D eigenvalue weighted by molar-refractivity contribution is 5.76. The number of rotatable bonds is 6. The zero-order valence-electron chi connectivity index (χ0n) is 16.5. The lowest BCUT2D eigenvalue weighted by Gasteiger charge is -2.35. The molecule has 0 radical (unpaired) electrons. The third-order valence-corrected chi connectivity index (χ3v) is 5.67. The maximum atomic E-state index is 12.5. The molecule has 6 nitrogen and oxygen atoms in total. The molecule has 2 saturated heterocycles. The Morgan fingerprint density at radius 1 is 0.893 bits per heavy atom. The van der Waals surface area contributed by atoms with Gasteiger partial charge in [-0.25, -0.2) is 4.98 Å². The Balaban J connectivity index is 1.25. The van der Waals surface area contributed by atoms with Crippen molar-refractivity contribution in [3.8, 4) is 0 Å². The lowest BCUT2D eigenvalue weighted by molar-refractivity contribution is -0.131. The van der Waals surface area contributed by atoms with Crippen LogP contribution in [0.5, 0.6) is 0 Å². The standard InChI is InChI=1S/C22H29N5O/c28-21(10-6-9-19-7-2-1-3-8-19)26-17-15-25(16-18-26)20-11-12-23-22(24-20)27-13-4-5-14-27/h1-3,7-8,11-12H,4-6,9-10,13-18H2. The molecule has 6 heteroatoms. The van der Waals surface area contributed by atoms with E-state index in [1.165, 1.54) is 18.4 Å². The first-order valence-electron chi connectivity index (χ1n) is 10.4. The van der Waals surface area contributed by atoms with E-state index in [0.29, 0.717) is 6.42 Å². The van der Waals surface area contributed by atoms with Crippen LogP contribution in [0.1, 0.15) is 31.2 Å². The van der Waals surface area contributed by atoms with E-state index in [9.17, 15) is 4.79 Å². The van der Waals surface area contributed by atoms with Crippen LogP contribution >= 0.6 is 0 Å². The van der Waals surface area contributed by atoms with Crippen molar-refractivity contribution in [1.29, 1.82) is 0 Å². The molecule has 2 aliphatic heterocycles. The van der Waals surface area contributed by atoms with Gasteiger partial charge in [-0.3, -0.25) is 4.79 Å². The molecule has 4 rings (SSSR count). The van der Waals surface area contributed by atoms with Crippen molar-refractivity contribution >= 4 is 17.7 Å². The Kier molecular flexibility index (Phi) is 6.04. The molecule has 1 aromatic heterocycles. The summed E-state index contributed by atoms with van der Waals surface area (Å²) in [4.78, 5) is 28.3. The van der Waals surface area contributed by atoms with E-state index in [1.807, 2.05) is 23.2 Å². The number of anilines is 2. The zero-order valence-corrected chi connectivity index (χ0v) is 16.5. The summed E-state index contributed by atoms with van der Waals surface area (Å²) in [5.41, 5.74) is 1.30. The Morgan fingerprint density at radius 2 is 1.64 bits per heavy atom. The monoisotopic (exact) mass is 379 g/mol. The van der Waals surface area contributed by atoms with Crippen LogP contribution < -0.4 is 9.80 Å². The smallest absolute Gasteiger partial charge is 0.227 e. The van der Waals surface area contributed by atoms with E-state index in [1.54, 1.807) is 0 Å². The summed E-state index contributed by atoms with van der Waals surface area (Å²) >= 11 is 0. The molecule has 148 valence electrons. The van der Waals surface area contributed by atoms with Crippen molar-refractivity contribution in [3.63, 3.8) is 0 Å². The first kappa shape index (κ1) is 18.7. The van der Waals surface area contributed by atoms with E-state index in [4.69, 9.17) is 4.98 Å². The maximum absolute atomic E-state index is 12.5. The van der Waals surface area contributed by atoms with Gasteiger partial charge in [-0.05, 0) is 37.3 Å². The third kappa shape index (κ3) is 4.61. The molecule has 3 heterocycles. The van der Waals surface area contributed by atoms with Crippen LogP contribution in [0.4, 0.5) is 11.8 Å². The van der Waals surface area contributed by atoms with Crippen LogP contribution in [0.2, 0.25) is 0 Å². The highest BCUT2D eigenvalue weighted by Crippen LogP contribution is 2.20. The predicted molar refractivity (Wildman–Crippen MR) is 112 cm³/mol. The normalized spacial score (nSPS) is 17.2. The summed E-state index contributed by atoms with van der Waals surface area (Å²) in [6.07, 6.45) is 6.80. The van der Waals surface area contributed by atoms with Crippen LogP contribution in [0.25, 0.3) is 0 Å². The number of piperazine rings is 1. The molecular weight excluding hydrogens is 350 g/mol. The van der Waals surface area contributed by atoms with Gasteiger partial charge in [0, 0.05) is 51.9 Å². The molecule has 0 N–H and O–H groups in total. The molecule has 0 saturated carbocycles. The van der Waals surface area contributed by atoms with E-state index in [2.05, 4.69) is 39.0 Å². The van der Waals surface area contributed by atoms with Gasteiger partial charge in [-0.15, -0.1) is 0 Å². The summed E-state index contributed by atoms with van der Waals surface area (Å²) in [5.74, 6) is 2.10. The fourth-order valence-corrected chi connectivity index (χ4v) is 4.02. The summed E-state index contributed by atoms with van der Waals surface area (Å²) < 4.78 is 0. The van der Waals surface area contributed by atoms with E-state index >= 15 is 0 Å². The van der Waals surface area contributed by atoms with Gasteiger partial charge >= 0.3 is 0 Å². The first-order valence-corrected chi connectivity index (χ1v) is 10.4. The topological polar surface area (TPSA) is 52.6 Å². The van der Waals surface area contributed by atoms with Gasteiger partial charge in [0.2, 0.25) is 11.9 Å². The Morgan fingerprint density at radius 3 is 2.39 bits per heavy atom. The van der Waals surface area contributed by atoms with Gasteiger partial charge in [0.25, 0.3) is 0 Å². The van der Waals surface area contributed by atoms with Crippen LogP contribution in [0.3, 0.4) is 0 Å². The average Bonchev–Trinajstić information content (AvgIpc) is 3.30. The summed E-state index contributed by atoms with van der Waals surface area (Å²) in [6.45, 7) is 5.31. The van der Waals surface area contributed by atoms with E-state index in [-0.39, 0.29) is 5.91 Å². The van der Waals surface area contributed by atoms with Crippen molar-refractivity contribution in [2.75, 3.05) is 49.1 Å². The minimum Gasteiger partial charge on any atom is -0.353 e. The quantitative estimate of drug-likeness (QED) is 0.772. The van der Waals surface area contributed by atoms with Gasteiger partial charge in [0.05, 0.1) is 0 Å². The van der Waals surface area contributed by atoms with Gasteiger partial charge < -0.3 is 14.7 Å². The SMILES string of the molecule is O=C(CCCc1ccccc1)N1CCN(c2ccnc(N3CCCC3)n2)CC1. The first-order chi connectivity index (χ1) is 13.8. The number of hydrogen-bond acceptors (Lipinski definition) is 5. The van der Waals surface area contributed by atoms with Crippen LogP contribution in [0.15, 0.2) is 42.6 Å². The summed E-state index contributed by atoms with van der Waals surface area (Å²) in [5, 5.41) is 0. The molecule has 1 amide bonds. The van der Waals surface area contributed by atoms with Gasteiger partial charge in [0.15, 0.2) is 0 Å². The fourth-order valence-electron chi connectivity index (χ4n) is 4.02. The molecule has 0 atom stereocenters. The Bertz CT molecular complexity index is 768. The second kappa shape index (κ2) is 9.04. The number of benzene rings is 1. The van der Waals surface area contributed by atoms with Crippen molar-refractivity contribution in [2.24, 2.45) is 0 Å². The zero-order chi connectivity index (χ0) is 19.2. The van der Waals surface area contributed by atoms with Crippen molar-refractivity contribution in [3.05, 3.63) is 48.2 Å². The van der Waals surface area contributed by atoms with Gasteiger partial charge in [0.1, 0.15) is 5.82 Å². The van der Waals surface area contributed by atoms with Crippen LogP contribution in [-0.4, -0.2) is 60.0 Å². The van der Waals surface area contributed by atoms with Crippen molar-refractivity contribution < 1.29 is 4.79 Å². The number of hydrogen-bond donors (Lipinski definition) is 0. The molecule has 0 aliphatic carbocycles. The Labute approximate surface area is 167 Å². The maximum Gasteiger partial charge on any atom is 0.227 e. The number of amides is 1. The van der Waals surface area contributed by atoms with Gasteiger partial charge in [-0.2, -0.15) is 4.98 Å². The number of nitrogens with zero attached hydrogens (tertiary/aromatic N) is 5. The molecule has 2 aliphatic rings. The molecule has 0 spiro atoms. The summed E-state index contributed by atoms with van der Waals surface area (Å²) in [7, 11) is 0. The number of carbonyl (C=O) groups excluding carboxylic acids is 1. The molecule has 2 fully saturated rings. The molecule has 0 bridgehead atoms. The minimum atomic E-state index is 0.274. The van der Waals surface area contributed by atoms with Crippen molar-refractivity contribution in [1.82, 2.24) is 14.9 Å². The Hall–Kier alpha value is -2.63. The predicted octanol–water partition coefficient (Wildman–Crippen LogP) is 2.75. The van der Waals surface area contributed by atoms with E-state index < -0.39 is 0 Å². The second-order valence-corrected chi connectivity index (χ2v) is 7.62. The molecular formula is C22H29N5O. The fraction of sp³-hybridized carbons (Fsp3) is 0.500. The lowest BCUT2D eigenvalue weighted by Crippen LogP contribution is -2.49. The molecule has 28 heavy (non-hydrogen) atoms. The van der Waals surface area contributed by atoms with Crippen LogP contribution in [-0.2, 0) is 11.2 Å². The van der Waals surface area contributed by atoms with Gasteiger partial charge in [-0.1, -0.05) is 30.3 Å². The number of carbonyl (C=O) groups is 1. The average molecular weight is 380 g/mol. The molecule has 1 aromatic carbocycles. The van der Waals surface area contributed by atoms with E-state index in [0.717, 1.165) is 63.9 Å². The highest BCUT2D eigenvalue weighted by Gasteiger charge is 2.23. The highest BCUT2D eigenvalue weighted by atomic mass is 16.2. The lowest BCUT2D eigenvalue weighted by atomic mass is 10.1. The number of aryl methyl sites for hydroxylation is 1. The third-order valence-electron chi connectivity index (χ3n) is 5.67. The minimum absolute atomic E-state index is 0.274. The number of aromatic nitrogens is 2. The summed E-state index contributed by atoms with van der Waals surface area (Å²) in [6, 6.07) is 12.4. The second-order valence-electron chi connectivity index (χ2n) is 7.62. The molecule has 2 aromatic rings.